The number of hydrogen-bond acceptors (Lipinski definition) is 3. The van der Waals surface area contributed by atoms with Gasteiger partial charge in [0.05, 0.1) is 17.8 Å². The summed E-state index contributed by atoms with van der Waals surface area (Å²) in [4.78, 5) is 13.6. The van der Waals surface area contributed by atoms with Gasteiger partial charge in [-0.25, -0.2) is 9.18 Å². The molecule has 1 unspecified atom stereocenters. The van der Waals surface area contributed by atoms with Crippen LogP contribution in [-0.4, -0.2) is 38.2 Å². The van der Waals surface area contributed by atoms with Gasteiger partial charge >= 0.3 is 6.09 Å². The molecule has 1 heterocycles. The number of carbonyl (C=O) groups excluding carboxylic acids is 1. The van der Waals surface area contributed by atoms with E-state index in [2.05, 4.69) is 28.9 Å². The van der Waals surface area contributed by atoms with E-state index in [1.165, 1.54) is 38.8 Å². The number of ether oxygens (including phenoxy) is 1. The van der Waals surface area contributed by atoms with E-state index in [1.54, 1.807) is 24.3 Å². The smallest absolute Gasteiger partial charge is 0.411 e. The van der Waals surface area contributed by atoms with E-state index in [1.807, 2.05) is 6.07 Å². The first-order valence-electron chi connectivity index (χ1n) is 8.48. The van der Waals surface area contributed by atoms with Crippen LogP contribution in [0.15, 0.2) is 42.5 Å². The van der Waals surface area contributed by atoms with Gasteiger partial charge in [-0.1, -0.05) is 42.8 Å². The van der Waals surface area contributed by atoms with Crippen molar-refractivity contribution < 1.29 is 13.9 Å². The highest BCUT2D eigenvalue weighted by Gasteiger charge is 2.13. The van der Waals surface area contributed by atoms with Gasteiger partial charge < -0.3 is 9.64 Å². The number of para-hydroxylation sites is 1. The zero-order chi connectivity index (χ0) is 19.1. The van der Waals surface area contributed by atoms with Crippen molar-refractivity contribution in [3.05, 3.63) is 53.3 Å². The lowest BCUT2D eigenvalue weighted by atomic mass is 10.0. The topological polar surface area (TPSA) is 41.6 Å². The van der Waals surface area contributed by atoms with Gasteiger partial charge in [-0.3, -0.25) is 5.32 Å². The Morgan fingerprint density at radius 2 is 2.04 bits per heavy atom. The van der Waals surface area contributed by atoms with Crippen LogP contribution in [-0.2, 0) is 4.74 Å². The van der Waals surface area contributed by atoms with E-state index in [0.29, 0.717) is 11.3 Å². The summed E-state index contributed by atoms with van der Waals surface area (Å²) in [7, 11) is 3.47. The minimum Gasteiger partial charge on any atom is -0.453 e. The Labute approximate surface area is 158 Å². The van der Waals surface area contributed by atoms with E-state index < -0.39 is 11.9 Å². The van der Waals surface area contributed by atoms with Crippen LogP contribution < -0.4 is 5.32 Å². The number of hydrogen-bond donors (Lipinski definition) is 1. The summed E-state index contributed by atoms with van der Waals surface area (Å²) < 4.78 is 17.7. The van der Waals surface area contributed by atoms with Crippen LogP contribution in [0, 0.1) is 11.7 Å². The zero-order valence-electron chi connectivity index (χ0n) is 15.3. The second kappa shape index (κ2) is 9.55. The molecule has 1 aliphatic rings. The van der Waals surface area contributed by atoms with Crippen LogP contribution in [0.5, 0.6) is 0 Å². The number of rotatable bonds is 2. The van der Waals surface area contributed by atoms with Crippen molar-refractivity contribution in [3.8, 4) is 11.1 Å². The average molecular weight is 379 g/mol. The molecule has 1 aliphatic heterocycles. The molecule has 6 heteroatoms. The van der Waals surface area contributed by atoms with E-state index in [-0.39, 0.29) is 5.02 Å². The number of methoxy groups -OCH3 is 1. The van der Waals surface area contributed by atoms with Crippen LogP contribution in [0.2, 0.25) is 5.02 Å². The summed E-state index contributed by atoms with van der Waals surface area (Å²) in [5, 5.41) is 2.63. The molecule has 1 fully saturated rings. The predicted molar refractivity (Wildman–Crippen MR) is 104 cm³/mol. The molecule has 1 saturated heterocycles. The summed E-state index contributed by atoms with van der Waals surface area (Å²) in [6.07, 6.45) is 0.830. The van der Waals surface area contributed by atoms with Crippen LogP contribution in [0.1, 0.15) is 13.3 Å². The third-order valence-electron chi connectivity index (χ3n) is 4.21. The molecule has 0 radical (unpaired) electrons. The Hall–Kier alpha value is -2.11. The molecule has 0 aromatic heterocycles. The number of carbonyl (C=O) groups is 1. The molecular weight excluding hydrogens is 355 g/mol. The highest BCUT2D eigenvalue weighted by molar-refractivity contribution is 6.31. The Bertz CT molecular complexity index is 746. The maximum atomic E-state index is 13.2. The molecule has 1 atom stereocenters. The van der Waals surface area contributed by atoms with Gasteiger partial charge in [0.2, 0.25) is 0 Å². The lowest BCUT2D eigenvalue weighted by Crippen LogP contribution is -2.12. The van der Waals surface area contributed by atoms with Crippen LogP contribution >= 0.6 is 11.6 Å². The molecule has 0 aliphatic carbocycles. The average Bonchev–Trinajstić information content (AvgIpc) is 3.01. The molecule has 3 rings (SSSR count). The number of nitrogens with one attached hydrogen (secondary N) is 1. The van der Waals surface area contributed by atoms with Crippen molar-refractivity contribution in [3.63, 3.8) is 0 Å². The Morgan fingerprint density at radius 1 is 1.31 bits per heavy atom. The van der Waals surface area contributed by atoms with Gasteiger partial charge in [-0.2, -0.15) is 0 Å². The molecule has 1 amide bonds. The van der Waals surface area contributed by atoms with E-state index >= 15 is 0 Å². The Morgan fingerprint density at radius 3 is 2.58 bits per heavy atom. The first kappa shape index (κ1) is 20.2. The Balaban J connectivity index is 0.000000290. The maximum absolute atomic E-state index is 13.2. The number of likely N-dealkylation sites (tertiary alicyclic amines) is 1. The van der Waals surface area contributed by atoms with Crippen molar-refractivity contribution in [2.24, 2.45) is 5.92 Å². The SMILES string of the molecule is CC1CCN(C)C1.COC(=O)Nc1ccccc1-c1ccc(F)c(Cl)c1. The number of halogens is 2. The number of amides is 1. The molecule has 0 bridgehead atoms. The normalized spacial score (nSPS) is 16.6. The number of benzene rings is 2. The highest BCUT2D eigenvalue weighted by Crippen LogP contribution is 2.30. The largest absolute Gasteiger partial charge is 0.453 e. The Kier molecular flexibility index (Phi) is 7.42. The van der Waals surface area contributed by atoms with Gasteiger partial charge in [0, 0.05) is 12.1 Å². The van der Waals surface area contributed by atoms with Crippen molar-refractivity contribution in [2.45, 2.75) is 13.3 Å². The fraction of sp³-hybridized carbons (Fsp3) is 0.350. The third kappa shape index (κ3) is 5.71. The minimum atomic E-state index is -0.569. The summed E-state index contributed by atoms with van der Waals surface area (Å²) in [6, 6.07) is 11.5. The van der Waals surface area contributed by atoms with Gasteiger partial charge in [0.15, 0.2) is 0 Å². The molecule has 0 spiro atoms. The fourth-order valence-corrected chi connectivity index (χ4v) is 3.00. The fourth-order valence-electron chi connectivity index (χ4n) is 2.82. The summed E-state index contributed by atoms with van der Waals surface area (Å²) >= 11 is 5.76. The molecule has 2 aromatic rings. The van der Waals surface area contributed by atoms with Crippen LogP contribution in [0.25, 0.3) is 11.1 Å². The van der Waals surface area contributed by atoms with E-state index in [9.17, 15) is 9.18 Å². The van der Waals surface area contributed by atoms with Crippen LogP contribution in [0.4, 0.5) is 14.9 Å². The minimum absolute atomic E-state index is 0.0328. The molecule has 140 valence electrons. The summed E-state index contributed by atoms with van der Waals surface area (Å²) in [5.74, 6) is 0.467. The van der Waals surface area contributed by atoms with Crippen molar-refractivity contribution in [2.75, 3.05) is 32.6 Å². The van der Waals surface area contributed by atoms with Crippen molar-refractivity contribution >= 4 is 23.4 Å². The van der Waals surface area contributed by atoms with Gasteiger partial charge in [0.25, 0.3) is 0 Å². The standard InChI is InChI=1S/C14H11ClFNO2.C6H13N/c1-19-14(18)17-13-5-3-2-4-10(13)9-6-7-12(16)11(15)8-9;1-6-3-4-7(2)5-6/h2-8H,1H3,(H,17,18);6H,3-5H2,1-2H3. The zero-order valence-corrected chi connectivity index (χ0v) is 16.0. The van der Waals surface area contributed by atoms with E-state index in [4.69, 9.17) is 11.6 Å². The monoisotopic (exact) mass is 378 g/mol. The quantitative estimate of drug-likeness (QED) is 0.772. The molecule has 26 heavy (non-hydrogen) atoms. The number of anilines is 1. The predicted octanol–water partition coefficient (Wildman–Crippen LogP) is 5.28. The first-order valence-corrected chi connectivity index (χ1v) is 8.86. The second-order valence-corrected chi connectivity index (χ2v) is 6.85. The first-order chi connectivity index (χ1) is 12.4. The molecular formula is C20H24ClFN2O2. The number of nitrogens with zero attached hydrogens (tertiary/aromatic N) is 1. The molecule has 4 nitrogen and oxygen atoms in total. The summed E-state index contributed by atoms with van der Waals surface area (Å²) in [6.45, 7) is 4.92. The molecule has 0 saturated carbocycles. The van der Waals surface area contributed by atoms with E-state index in [0.717, 1.165) is 11.5 Å². The lowest BCUT2D eigenvalue weighted by Gasteiger charge is -2.10. The second-order valence-electron chi connectivity index (χ2n) is 6.45. The lowest BCUT2D eigenvalue weighted by molar-refractivity contribution is 0.187. The molecule has 2 aromatic carbocycles. The maximum Gasteiger partial charge on any atom is 0.411 e. The van der Waals surface area contributed by atoms with Gasteiger partial charge in [-0.05, 0) is 49.7 Å². The third-order valence-corrected chi connectivity index (χ3v) is 4.50. The highest BCUT2D eigenvalue weighted by atomic mass is 35.5. The van der Waals surface area contributed by atoms with Crippen molar-refractivity contribution in [1.82, 2.24) is 4.90 Å². The van der Waals surface area contributed by atoms with Crippen molar-refractivity contribution in [1.29, 1.82) is 0 Å². The summed E-state index contributed by atoms with van der Waals surface area (Å²) in [5.41, 5.74) is 2.00. The van der Waals surface area contributed by atoms with Crippen LogP contribution in [0.3, 0.4) is 0 Å². The van der Waals surface area contributed by atoms with Gasteiger partial charge in [-0.15, -0.1) is 0 Å². The molecule has 1 N–H and O–H groups in total. The van der Waals surface area contributed by atoms with Gasteiger partial charge in [0.1, 0.15) is 5.82 Å².